The van der Waals surface area contributed by atoms with E-state index >= 15 is 0 Å². The van der Waals surface area contributed by atoms with Crippen LogP contribution >= 0.6 is 11.6 Å². The maximum atomic E-state index is 12.1. The summed E-state index contributed by atoms with van der Waals surface area (Å²) in [5.74, 6) is 0.136. The molecule has 6 heteroatoms. The minimum absolute atomic E-state index is 0.0782. The van der Waals surface area contributed by atoms with Crippen LogP contribution < -0.4 is 14.8 Å². The smallest absolute Gasteiger partial charge is 0.235 e. The second kappa shape index (κ2) is 5.27. The highest BCUT2D eigenvalue weighted by molar-refractivity contribution is 6.27. The van der Waals surface area contributed by atoms with Crippen LogP contribution in [0.25, 0.3) is 0 Å². The third-order valence-corrected chi connectivity index (χ3v) is 2.87. The first kappa shape index (κ1) is 12.7. The lowest BCUT2D eigenvalue weighted by molar-refractivity contribution is -0.119. The van der Waals surface area contributed by atoms with Gasteiger partial charge in [-0.15, -0.1) is 11.6 Å². The highest BCUT2D eigenvalue weighted by Gasteiger charge is 2.31. The monoisotopic (exact) mass is 269 g/mol. The maximum Gasteiger partial charge on any atom is 0.235 e. The minimum atomic E-state index is -0.698. The topological polar surface area (TPSA) is 64.6 Å². The van der Waals surface area contributed by atoms with Crippen LogP contribution in [-0.2, 0) is 4.79 Å². The van der Waals surface area contributed by atoms with Gasteiger partial charge in [-0.25, -0.2) is 0 Å². The number of alkyl halides is 1. The molecule has 1 unspecified atom stereocenters. The maximum absolute atomic E-state index is 12.1. The fraction of sp³-hybridized carbons (Fsp3) is 0.333. The molecule has 0 bridgehead atoms. The fourth-order valence-corrected chi connectivity index (χ4v) is 1.87. The van der Waals surface area contributed by atoms with Crippen molar-refractivity contribution in [3.8, 4) is 11.5 Å². The predicted octanol–water partition coefficient (Wildman–Crippen LogP) is 0.994. The molecular formula is C12H12ClNO4. The molecule has 0 fully saturated rings. The van der Waals surface area contributed by atoms with Gasteiger partial charge in [0.05, 0.1) is 12.7 Å². The van der Waals surface area contributed by atoms with E-state index in [1.165, 1.54) is 7.11 Å². The lowest BCUT2D eigenvalue weighted by Crippen LogP contribution is -2.47. The molecule has 0 radical (unpaired) electrons. The number of ether oxygens (including phenoxy) is 2. The normalized spacial score (nSPS) is 17.7. The molecule has 1 aromatic carbocycles. The Kier molecular flexibility index (Phi) is 3.72. The van der Waals surface area contributed by atoms with Crippen molar-refractivity contribution in [2.24, 2.45) is 0 Å². The summed E-state index contributed by atoms with van der Waals surface area (Å²) in [6.45, 7) is 0.0782. The molecule has 1 aromatic rings. The van der Waals surface area contributed by atoms with Crippen LogP contribution in [0.5, 0.6) is 11.5 Å². The molecule has 18 heavy (non-hydrogen) atoms. The number of benzene rings is 1. The molecule has 1 heterocycles. The van der Waals surface area contributed by atoms with Crippen molar-refractivity contribution in [1.82, 2.24) is 5.32 Å². The van der Waals surface area contributed by atoms with Crippen molar-refractivity contribution < 1.29 is 19.1 Å². The highest BCUT2D eigenvalue weighted by atomic mass is 35.5. The van der Waals surface area contributed by atoms with Gasteiger partial charge >= 0.3 is 0 Å². The zero-order chi connectivity index (χ0) is 13.1. The van der Waals surface area contributed by atoms with Gasteiger partial charge in [-0.05, 0) is 12.1 Å². The van der Waals surface area contributed by atoms with Gasteiger partial charge in [0.2, 0.25) is 5.91 Å². The molecule has 1 aliphatic heterocycles. The van der Waals surface area contributed by atoms with E-state index in [4.69, 9.17) is 21.1 Å². The number of Topliss-reactive ketones (excluding diaryl/α,β-unsaturated/α-hetero) is 1. The zero-order valence-electron chi connectivity index (χ0n) is 9.73. The number of hydrogen-bond donors (Lipinski definition) is 1. The summed E-state index contributed by atoms with van der Waals surface area (Å²) in [6.07, 6.45) is 0. The predicted molar refractivity (Wildman–Crippen MR) is 65.5 cm³/mol. The number of halogens is 1. The molecule has 2 rings (SSSR count). The molecule has 1 aliphatic rings. The summed E-state index contributed by atoms with van der Waals surface area (Å²) in [6, 6.07) is 4.35. The minimum Gasteiger partial charge on any atom is -0.493 e. The van der Waals surface area contributed by atoms with E-state index in [0.717, 1.165) is 0 Å². The number of amides is 1. The van der Waals surface area contributed by atoms with Gasteiger partial charge in [0, 0.05) is 0 Å². The second-order valence-electron chi connectivity index (χ2n) is 3.77. The Morgan fingerprint density at radius 3 is 3.06 bits per heavy atom. The molecule has 1 amide bonds. The average Bonchev–Trinajstić information content (AvgIpc) is 2.41. The van der Waals surface area contributed by atoms with Gasteiger partial charge in [0.15, 0.2) is 17.3 Å². The molecule has 1 atom stereocenters. The van der Waals surface area contributed by atoms with E-state index in [1.54, 1.807) is 18.2 Å². The summed E-state index contributed by atoms with van der Waals surface area (Å²) in [7, 11) is 1.50. The second-order valence-corrected chi connectivity index (χ2v) is 4.03. The average molecular weight is 270 g/mol. The third kappa shape index (κ3) is 2.26. The van der Waals surface area contributed by atoms with E-state index in [9.17, 15) is 9.59 Å². The molecule has 5 nitrogen and oxygen atoms in total. The van der Waals surface area contributed by atoms with E-state index < -0.39 is 11.9 Å². The van der Waals surface area contributed by atoms with Crippen molar-refractivity contribution in [2.45, 2.75) is 6.04 Å². The van der Waals surface area contributed by atoms with Crippen molar-refractivity contribution in [2.75, 3.05) is 19.6 Å². The Labute approximate surface area is 109 Å². The van der Waals surface area contributed by atoms with Crippen LogP contribution in [0.1, 0.15) is 10.4 Å². The molecule has 0 saturated heterocycles. The Morgan fingerprint density at radius 2 is 2.39 bits per heavy atom. The number of rotatable bonds is 3. The first-order chi connectivity index (χ1) is 8.67. The van der Waals surface area contributed by atoms with Gasteiger partial charge in [-0.1, -0.05) is 6.07 Å². The largest absolute Gasteiger partial charge is 0.493 e. The number of hydrogen-bond acceptors (Lipinski definition) is 4. The number of ketones is 1. The summed E-state index contributed by atoms with van der Waals surface area (Å²) in [5.41, 5.74) is 0.403. The summed E-state index contributed by atoms with van der Waals surface area (Å²) in [5, 5.41) is 2.51. The number of para-hydroxylation sites is 1. The van der Waals surface area contributed by atoms with Gasteiger partial charge in [-0.2, -0.15) is 0 Å². The van der Waals surface area contributed by atoms with E-state index in [1.807, 2.05) is 0 Å². The van der Waals surface area contributed by atoms with Crippen LogP contribution in [0.3, 0.4) is 0 Å². The van der Waals surface area contributed by atoms with Crippen LogP contribution in [0.15, 0.2) is 18.2 Å². The molecule has 0 aliphatic carbocycles. The number of carbonyl (C=O) groups is 2. The van der Waals surface area contributed by atoms with E-state index in [-0.39, 0.29) is 18.3 Å². The fourth-order valence-electron chi connectivity index (χ4n) is 1.79. The van der Waals surface area contributed by atoms with Crippen molar-refractivity contribution >= 4 is 23.3 Å². The van der Waals surface area contributed by atoms with Crippen molar-refractivity contribution in [3.63, 3.8) is 0 Å². The SMILES string of the molecule is COc1cccc2c1OCC(NC(=O)CCl)C2=O. The van der Waals surface area contributed by atoms with Crippen molar-refractivity contribution in [3.05, 3.63) is 23.8 Å². The highest BCUT2D eigenvalue weighted by Crippen LogP contribution is 2.34. The van der Waals surface area contributed by atoms with Gasteiger partial charge in [-0.3, -0.25) is 9.59 Å². The number of fused-ring (bicyclic) bond motifs is 1. The quantitative estimate of drug-likeness (QED) is 0.832. The molecule has 1 N–H and O–H groups in total. The zero-order valence-corrected chi connectivity index (χ0v) is 10.5. The Bertz CT molecular complexity index is 489. The number of carbonyl (C=O) groups excluding carboxylic acids is 2. The lowest BCUT2D eigenvalue weighted by atomic mass is 10.0. The molecular weight excluding hydrogens is 258 g/mol. The van der Waals surface area contributed by atoms with E-state index in [0.29, 0.717) is 17.1 Å². The number of nitrogens with one attached hydrogen (secondary N) is 1. The van der Waals surface area contributed by atoms with Gasteiger partial charge < -0.3 is 14.8 Å². The first-order valence-corrected chi connectivity index (χ1v) is 5.90. The lowest BCUT2D eigenvalue weighted by Gasteiger charge is -2.25. The standard InChI is InChI=1S/C12H12ClNO4/c1-17-9-4-2-3-7-11(16)8(6-18-12(7)9)14-10(15)5-13/h2-4,8H,5-6H2,1H3,(H,14,15). The van der Waals surface area contributed by atoms with Crippen LogP contribution in [0.2, 0.25) is 0 Å². The molecule has 0 saturated carbocycles. The summed E-state index contributed by atoms with van der Waals surface area (Å²) >= 11 is 5.38. The molecule has 0 aromatic heterocycles. The first-order valence-electron chi connectivity index (χ1n) is 5.36. The summed E-state index contributed by atoms with van der Waals surface area (Å²) in [4.78, 5) is 23.3. The van der Waals surface area contributed by atoms with Gasteiger partial charge in [0.1, 0.15) is 18.5 Å². The van der Waals surface area contributed by atoms with Crippen molar-refractivity contribution in [1.29, 1.82) is 0 Å². The Morgan fingerprint density at radius 1 is 1.61 bits per heavy atom. The third-order valence-electron chi connectivity index (χ3n) is 2.63. The Hall–Kier alpha value is -1.75. The van der Waals surface area contributed by atoms with Gasteiger partial charge in [0.25, 0.3) is 0 Å². The number of methoxy groups -OCH3 is 1. The van der Waals surface area contributed by atoms with Crippen LogP contribution in [0.4, 0.5) is 0 Å². The molecule has 0 spiro atoms. The van der Waals surface area contributed by atoms with Crippen LogP contribution in [0, 0.1) is 0 Å². The molecule has 96 valence electrons. The summed E-state index contributed by atoms with van der Waals surface area (Å²) < 4.78 is 10.6. The van der Waals surface area contributed by atoms with Crippen LogP contribution in [-0.4, -0.2) is 37.3 Å². The van der Waals surface area contributed by atoms with E-state index in [2.05, 4.69) is 5.32 Å². The Balaban J connectivity index is 2.26.